The van der Waals surface area contributed by atoms with E-state index in [-0.39, 0.29) is 17.7 Å². The maximum absolute atomic E-state index is 13.6. The monoisotopic (exact) mass is 506 g/mol. The molecule has 2 saturated heterocycles. The van der Waals surface area contributed by atoms with Gasteiger partial charge in [0.15, 0.2) is 5.82 Å². The van der Waals surface area contributed by atoms with Gasteiger partial charge in [-0.15, -0.1) is 5.10 Å². The number of hydrogen-bond acceptors (Lipinski definition) is 7. The van der Waals surface area contributed by atoms with Crippen molar-refractivity contribution < 1.29 is 9.47 Å². The summed E-state index contributed by atoms with van der Waals surface area (Å²) < 4.78 is 13.5. The fourth-order valence-electron chi connectivity index (χ4n) is 6.86. The Bertz CT molecular complexity index is 1270. The lowest BCUT2D eigenvalue weighted by atomic mass is 9.69. The fourth-order valence-corrected chi connectivity index (χ4v) is 6.86. The quantitative estimate of drug-likeness (QED) is 0.512. The first-order valence-corrected chi connectivity index (χ1v) is 14.1. The third-order valence-corrected chi connectivity index (χ3v) is 8.63. The maximum atomic E-state index is 13.6. The lowest BCUT2D eigenvalue weighted by molar-refractivity contribution is 0.0326. The van der Waals surface area contributed by atoms with Crippen LogP contribution in [0, 0.1) is 5.41 Å². The summed E-state index contributed by atoms with van der Waals surface area (Å²) in [5.74, 6) is 1.53. The molecule has 3 fully saturated rings. The molecule has 9 heteroatoms. The van der Waals surface area contributed by atoms with E-state index in [0.29, 0.717) is 24.1 Å². The minimum atomic E-state index is -0.320. The molecular formula is C28H38N6O3. The minimum absolute atomic E-state index is 0.0865. The Hall–Kier alpha value is -2.78. The van der Waals surface area contributed by atoms with Crippen molar-refractivity contribution in [2.45, 2.75) is 83.4 Å². The van der Waals surface area contributed by atoms with Crippen LogP contribution in [0.15, 0.2) is 29.1 Å². The van der Waals surface area contributed by atoms with E-state index in [0.717, 1.165) is 61.4 Å². The van der Waals surface area contributed by atoms with E-state index in [1.54, 1.807) is 0 Å². The van der Waals surface area contributed by atoms with E-state index < -0.39 is 0 Å². The first kappa shape index (κ1) is 24.6. The standard InChI is InChI=1S/C28H38N6O3/c1-2-36-21-9-10-24-20(16-21)17-23(27(35)29-24)25(26-30-31-32-34(26)18-22-8-6-15-37-22)33-14-7-13-28(19-33)11-4-3-5-12-28/h9-10,16-17,22,25H,2-8,11-15,18-19H2,1H3,(H,29,35)/t22-,25-/m0/s1. The van der Waals surface area contributed by atoms with Crippen molar-refractivity contribution in [2.75, 3.05) is 26.3 Å². The van der Waals surface area contributed by atoms with E-state index >= 15 is 0 Å². The summed E-state index contributed by atoms with van der Waals surface area (Å²) in [6.07, 6.45) is 11.0. The largest absolute Gasteiger partial charge is 0.494 e. The summed E-state index contributed by atoms with van der Waals surface area (Å²) in [4.78, 5) is 19.2. The molecule has 6 rings (SSSR count). The Balaban J connectivity index is 1.43. The highest BCUT2D eigenvalue weighted by Gasteiger charge is 2.41. The molecule has 2 aliphatic heterocycles. The number of likely N-dealkylation sites (tertiary alicyclic amines) is 1. The van der Waals surface area contributed by atoms with Crippen LogP contribution in [0.4, 0.5) is 0 Å². The SMILES string of the molecule is CCOc1ccc2[nH]c(=O)c([C@@H](c3nnnn3C[C@@H]3CCCO3)N3CCCC4(CCCCC4)C3)cc2c1. The Labute approximate surface area is 217 Å². The highest BCUT2D eigenvalue weighted by atomic mass is 16.5. The molecule has 4 heterocycles. The van der Waals surface area contributed by atoms with E-state index in [1.807, 2.05) is 35.9 Å². The summed E-state index contributed by atoms with van der Waals surface area (Å²) in [6, 6.07) is 7.52. The predicted molar refractivity (Wildman–Crippen MR) is 141 cm³/mol. The number of tetrazole rings is 1. The summed E-state index contributed by atoms with van der Waals surface area (Å²) in [7, 11) is 0. The third kappa shape index (κ3) is 5.03. The third-order valence-electron chi connectivity index (χ3n) is 8.63. The number of ether oxygens (including phenoxy) is 2. The zero-order valence-corrected chi connectivity index (χ0v) is 21.8. The molecule has 2 atom stereocenters. The molecule has 0 amide bonds. The number of pyridine rings is 1. The van der Waals surface area contributed by atoms with Gasteiger partial charge in [-0.1, -0.05) is 19.3 Å². The number of rotatable bonds is 7. The molecule has 1 spiro atoms. The van der Waals surface area contributed by atoms with Crippen molar-refractivity contribution in [3.8, 4) is 5.75 Å². The Morgan fingerprint density at radius 2 is 2.03 bits per heavy atom. The minimum Gasteiger partial charge on any atom is -0.494 e. The molecule has 1 N–H and O–H groups in total. The molecule has 1 saturated carbocycles. The van der Waals surface area contributed by atoms with E-state index in [9.17, 15) is 4.79 Å². The highest BCUT2D eigenvalue weighted by molar-refractivity contribution is 5.80. The van der Waals surface area contributed by atoms with Crippen molar-refractivity contribution in [2.24, 2.45) is 5.41 Å². The molecule has 0 unspecified atom stereocenters. The fraction of sp³-hybridized carbons (Fsp3) is 0.643. The van der Waals surface area contributed by atoms with Crippen LogP contribution in [0.5, 0.6) is 5.75 Å². The van der Waals surface area contributed by atoms with Crippen LogP contribution in [0.3, 0.4) is 0 Å². The van der Waals surface area contributed by atoms with Gasteiger partial charge in [-0.2, -0.15) is 0 Å². The molecule has 1 aromatic carbocycles. The van der Waals surface area contributed by atoms with Gasteiger partial charge in [0.05, 0.1) is 19.3 Å². The molecule has 0 radical (unpaired) electrons. The molecule has 37 heavy (non-hydrogen) atoms. The smallest absolute Gasteiger partial charge is 0.253 e. The number of hydrogen-bond donors (Lipinski definition) is 1. The Morgan fingerprint density at radius 3 is 2.84 bits per heavy atom. The van der Waals surface area contributed by atoms with Crippen molar-refractivity contribution in [1.29, 1.82) is 0 Å². The number of piperidine rings is 1. The first-order valence-electron chi connectivity index (χ1n) is 14.1. The molecule has 9 nitrogen and oxygen atoms in total. The molecule has 2 aromatic heterocycles. The number of H-pyrrole nitrogens is 1. The van der Waals surface area contributed by atoms with Gasteiger partial charge in [0.1, 0.15) is 11.8 Å². The summed E-state index contributed by atoms with van der Waals surface area (Å²) >= 11 is 0. The molecule has 1 aliphatic carbocycles. The van der Waals surface area contributed by atoms with Gasteiger partial charge < -0.3 is 14.5 Å². The van der Waals surface area contributed by atoms with E-state index in [2.05, 4.69) is 25.4 Å². The summed E-state index contributed by atoms with van der Waals surface area (Å²) in [5, 5.41) is 14.0. The van der Waals surface area contributed by atoms with Gasteiger partial charge in [0.25, 0.3) is 5.56 Å². The van der Waals surface area contributed by atoms with Crippen LogP contribution < -0.4 is 10.3 Å². The number of aromatic nitrogens is 5. The Morgan fingerprint density at radius 1 is 1.16 bits per heavy atom. The number of nitrogens with one attached hydrogen (secondary N) is 1. The highest BCUT2D eigenvalue weighted by Crippen LogP contribution is 2.45. The lowest BCUT2D eigenvalue weighted by Crippen LogP contribution is -2.47. The topological polar surface area (TPSA) is 98.2 Å². The van der Waals surface area contributed by atoms with Crippen LogP contribution in [0.1, 0.15) is 82.1 Å². The second-order valence-corrected chi connectivity index (χ2v) is 11.1. The van der Waals surface area contributed by atoms with Gasteiger partial charge in [0.2, 0.25) is 0 Å². The number of aromatic amines is 1. The summed E-state index contributed by atoms with van der Waals surface area (Å²) in [6.45, 7) is 5.86. The van der Waals surface area contributed by atoms with Crippen molar-refractivity contribution in [1.82, 2.24) is 30.1 Å². The van der Waals surface area contributed by atoms with Gasteiger partial charge in [-0.25, -0.2) is 4.68 Å². The number of benzene rings is 1. The van der Waals surface area contributed by atoms with Gasteiger partial charge in [-0.05, 0) is 92.1 Å². The first-order chi connectivity index (χ1) is 18.1. The lowest BCUT2D eigenvalue weighted by Gasteiger charge is -2.47. The normalized spacial score (nSPS) is 23.0. The average molecular weight is 507 g/mol. The van der Waals surface area contributed by atoms with Crippen LogP contribution in [-0.4, -0.2) is 62.5 Å². The number of fused-ring (bicyclic) bond motifs is 1. The summed E-state index contributed by atoms with van der Waals surface area (Å²) in [5.41, 5.74) is 1.74. The van der Waals surface area contributed by atoms with Crippen LogP contribution in [-0.2, 0) is 11.3 Å². The van der Waals surface area contributed by atoms with E-state index in [1.165, 1.54) is 38.5 Å². The van der Waals surface area contributed by atoms with Crippen LogP contribution >= 0.6 is 0 Å². The second kappa shape index (κ2) is 10.5. The molecular weight excluding hydrogens is 468 g/mol. The van der Waals surface area contributed by atoms with Crippen LogP contribution in [0.25, 0.3) is 10.9 Å². The van der Waals surface area contributed by atoms with Gasteiger partial charge in [0, 0.05) is 29.6 Å². The zero-order valence-electron chi connectivity index (χ0n) is 21.8. The molecule has 3 aliphatic rings. The second-order valence-electron chi connectivity index (χ2n) is 11.1. The van der Waals surface area contributed by atoms with Gasteiger partial charge >= 0.3 is 0 Å². The Kier molecular flexibility index (Phi) is 6.99. The molecule has 0 bridgehead atoms. The molecule has 3 aromatic rings. The zero-order chi connectivity index (χ0) is 25.2. The van der Waals surface area contributed by atoms with Gasteiger partial charge in [-0.3, -0.25) is 9.69 Å². The predicted octanol–water partition coefficient (Wildman–Crippen LogP) is 4.23. The van der Waals surface area contributed by atoms with Crippen molar-refractivity contribution in [3.63, 3.8) is 0 Å². The van der Waals surface area contributed by atoms with Crippen molar-refractivity contribution in [3.05, 3.63) is 46.0 Å². The maximum Gasteiger partial charge on any atom is 0.253 e. The van der Waals surface area contributed by atoms with E-state index in [4.69, 9.17) is 9.47 Å². The number of nitrogens with zero attached hydrogens (tertiary/aromatic N) is 5. The average Bonchev–Trinajstić information content (AvgIpc) is 3.58. The van der Waals surface area contributed by atoms with Crippen molar-refractivity contribution >= 4 is 10.9 Å². The molecule has 198 valence electrons. The van der Waals surface area contributed by atoms with Crippen LogP contribution in [0.2, 0.25) is 0 Å².